The van der Waals surface area contributed by atoms with Crippen LogP contribution in [0.3, 0.4) is 0 Å². The van der Waals surface area contributed by atoms with Crippen LogP contribution in [0.4, 0.5) is 0 Å². The summed E-state index contributed by atoms with van der Waals surface area (Å²) in [4.78, 5) is 78.1. The largest absolute Gasteiger partial charge is 0.756 e. The van der Waals surface area contributed by atoms with Crippen LogP contribution >= 0.6 is 7.82 Å². The second kappa shape index (κ2) is 16.9. The number of carbonyl (C=O) groups excluding carboxylic acids is 4. The Kier molecular flexibility index (Phi) is 15.2. The standard InChI is InChI=1S/C23H41N4O10P/c1-18(28)11-24-5-6-25(12-19(2)29)9-10-27(14-21(4)31)22(15-26(8-7-24)13-20(3)30)16-36-38(34,35)37-17-23(32)33/h22H,5-17H2,1-4H3,(H,32,33)(H,34,35)/p-1. The van der Waals surface area contributed by atoms with Gasteiger partial charge in [0.2, 0.25) is 0 Å². The number of phosphoric ester groups is 1. The molecule has 2 atom stereocenters. The maximum Gasteiger partial charge on any atom is 0.330 e. The molecule has 0 aromatic rings. The van der Waals surface area contributed by atoms with Crippen LogP contribution in [0.1, 0.15) is 27.7 Å². The second-order valence-corrected chi connectivity index (χ2v) is 11.0. The summed E-state index contributed by atoms with van der Waals surface area (Å²) in [6.45, 7) is 7.20. The highest BCUT2D eigenvalue weighted by Crippen LogP contribution is 2.38. The molecule has 0 spiro atoms. The molecule has 0 bridgehead atoms. The van der Waals surface area contributed by atoms with Crippen LogP contribution in [-0.2, 0) is 37.6 Å². The summed E-state index contributed by atoms with van der Waals surface area (Å²) >= 11 is 0. The fourth-order valence-electron chi connectivity index (χ4n) is 4.15. The van der Waals surface area contributed by atoms with Crippen LogP contribution in [-0.4, -0.2) is 145 Å². The Bertz CT molecular complexity index is 886. The van der Waals surface area contributed by atoms with E-state index in [1.165, 1.54) is 27.7 Å². The minimum atomic E-state index is -4.97. The van der Waals surface area contributed by atoms with Crippen molar-refractivity contribution in [3.8, 4) is 0 Å². The normalized spacial score (nSPS) is 21.1. The number of carboxylic acids is 1. The summed E-state index contributed by atoms with van der Waals surface area (Å²) in [5.74, 6) is -1.87. The molecule has 1 heterocycles. The third-order valence-corrected chi connectivity index (χ3v) is 6.60. The molecule has 218 valence electrons. The van der Waals surface area contributed by atoms with Crippen molar-refractivity contribution in [2.45, 2.75) is 33.7 Å². The third-order valence-electron chi connectivity index (χ3n) is 5.69. The highest BCUT2D eigenvalue weighted by atomic mass is 31.2. The van der Waals surface area contributed by atoms with Crippen molar-refractivity contribution >= 4 is 36.9 Å². The maximum atomic E-state index is 12.1. The molecule has 2 unspecified atom stereocenters. The van der Waals surface area contributed by atoms with Gasteiger partial charge in [0, 0.05) is 51.9 Å². The number of ketones is 4. The van der Waals surface area contributed by atoms with Gasteiger partial charge in [-0.2, -0.15) is 0 Å². The summed E-state index contributed by atoms with van der Waals surface area (Å²) in [6, 6.07) is -0.700. The van der Waals surface area contributed by atoms with E-state index in [9.17, 15) is 33.4 Å². The van der Waals surface area contributed by atoms with Crippen molar-refractivity contribution in [1.29, 1.82) is 0 Å². The van der Waals surface area contributed by atoms with Gasteiger partial charge in [-0.1, -0.05) is 0 Å². The lowest BCUT2D eigenvalue weighted by molar-refractivity contribution is -0.227. The van der Waals surface area contributed by atoms with Crippen LogP contribution in [0.2, 0.25) is 0 Å². The predicted molar refractivity (Wildman–Crippen MR) is 135 cm³/mol. The van der Waals surface area contributed by atoms with Crippen LogP contribution in [0, 0.1) is 0 Å². The van der Waals surface area contributed by atoms with Gasteiger partial charge in [-0.3, -0.25) is 43.3 Å². The van der Waals surface area contributed by atoms with E-state index in [0.717, 1.165) is 0 Å². The lowest BCUT2D eigenvalue weighted by Crippen LogP contribution is -2.54. The van der Waals surface area contributed by atoms with E-state index in [4.69, 9.17) is 9.63 Å². The van der Waals surface area contributed by atoms with Gasteiger partial charge in [0.25, 0.3) is 7.82 Å². The number of Topliss-reactive ketones (excluding diaryl/α,β-unsaturated/α-hetero) is 4. The van der Waals surface area contributed by atoms with Crippen LogP contribution in [0.5, 0.6) is 0 Å². The lowest BCUT2D eigenvalue weighted by Gasteiger charge is -2.38. The maximum absolute atomic E-state index is 12.1. The first-order chi connectivity index (χ1) is 17.7. The predicted octanol–water partition coefficient (Wildman–Crippen LogP) is -1.48. The van der Waals surface area contributed by atoms with Crippen molar-refractivity contribution < 1.29 is 47.6 Å². The molecule has 1 aliphatic heterocycles. The average Bonchev–Trinajstić information content (AvgIpc) is 2.77. The Morgan fingerprint density at radius 1 is 0.737 bits per heavy atom. The van der Waals surface area contributed by atoms with Crippen molar-refractivity contribution in [2.75, 3.05) is 85.2 Å². The molecule has 0 saturated carbocycles. The Hall–Kier alpha value is -1.90. The van der Waals surface area contributed by atoms with Gasteiger partial charge >= 0.3 is 5.97 Å². The molecule has 1 saturated heterocycles. The number of nitrogens with zero attached hydrogens (tertiary/aromatic N) is 4. The Labute approximate surface area is 223 Å². The first-order valence-electron chi connectivity index (χ1n) is 12.4. The molecule has 0 aromatic carbocycles. The summed E-state index contributed by atoms with van der Waals surface area (Å²) in [6.07, 6.45) is 0. The van der Waals surface area contributed by atoms with Gasteiger partial charge < -0.3 is 19.0 Å². The van der Waals surface area contributed by atoms with Gasteiger partial charge in [0.15, 0.2) is 6.61 Å². The van der Waals surface area contributed by atoms with E-state index in [1.54, 1.807) is 9.80 Å². The SMILES string of the molecule is CC(=O)CN1CCN(CC(C)=O)CCN(CC(C)=O)C(COP(=O)([O-])OCC(=O)O)CN(CC(C)=O)CC1. The highest BCUT2D eigenvalue weighted by Gasteiger charge is 2.27. The van der Waals surface area contributed by atoms with Crippen LogP contribution in [0.15, 0.2) is 0 Å². The summed E-state index contributed by atoms with van der Waals surface area (Å²) in [7, 11) is -4.97. The first-order valence-corrected chi connectivity index (χ1v) is 13.8. The molecule has 1 aliphatic rings. The third kappa shape index (κ3) is 15.5. The van der Waals surface area contributed by atoms with E-state index in [-0.39, 0.29) is 62.4 Å². The Morgan fingerprint density at radius 3 is 1.61 bits per heavy atom. The molecule has 0 aliphatic carbocycles. The quantitative estimate of drug-likeness (QED) is 0.242. The number of phosphoric acid groups is 1. The molecule has 0 radical (unpaired) electrons. The van der Waals surface area contributed by atoms with Crippen LogP contribution in [0.25, 0.3) is 0 Å². The topological polar surface area (TPSA) is 177 Å². The monoisotopic (exact) mass is 563 g/mol. The minimum absolute atomic E-state index is 0.0280. The minimum Gasteiger partial charge on any atom is -0.756 e. The number of carboxylic acid groups (broad SMARTS) is 1. The first kappa shape index (κ1) is 34.1. The van der Waals surface area contributed by atoms with Crippen molar-refractivity contribution in [3.63, 3.8) is 0 Å². The molecular formula is C23H40N4O10P-. The zero-order valence-electron chi connectivity index (χ0n) is 22.6. The molecule has 38 heavy (non-hydrogen) atoms. The summed E-state index contributed by atoms with van der Waals surface area (Å²) in [5.41, 5.74) is 0. The number of carbonyl (C=O) groups is 5. The van der Waals surface area contributed by atoms with Gasteiger partial charge in [-0.15, -0.1) is 0 Å². The smallest absolute Gasteiger partial charge is 0.330 e. The number of hydrogen-bond acceptors (Lipinski definition) is 13. The second-order valence-electron chi connectivity index (χ2n) is 9.63. The molecule has 1 rings (SSSR count). The number of aliphatic carboxylic acids is 1. The van der Waals surface area contributed by atoms with E-state index >= 15 is 0 Å². The average molecular weight is 564 g/mol. The summed E-state index contributed by atoms with van der Waals surface area (Å²) < 4.78 is 21.5. The van der Waals surface area contributed by atoms with E-state index in [0.29, 0.717) is 32.7 Å². The Morgan fingerprint density at radius 2 is 1.16 bits per heavy atom. The molecule has 15 heteroatoms. The van der Waals surface area contributed by atoms with Gasteiger partial charge in [0.05, 0.1) is 32.8 Å². The fourth-order valence-corrected chi connectivity index (χ4v) is 4.85. The zero-order chi connectivity index (χ0) is 28.9. The van der Waals surface area contributed by atoms with Gasteiger partial charge in [-0.05, 0) is 27.7 Å². The van der Waals surface area contributed by atoms with Crippen LogP contribution < -0.4 is 4.89 Å². The lowest BCUT2D eigenvalue weighted by atomic mass is 10.2. The molecule has 1 N–H and O–H groups in total. The van der Waals surface area contributed by atoms with Crippen molar-refractivity contribution in [1.82, 2.24) is 19.6 Å². The number of hydrogen-bond donors (Lipinski definition) is 1. The molecule has 0 amide bonds. The Balaban J connectivity index is 3.29. The highest BCUT2D eigenvalue weighted by molar-refractivity contribution is 7.45. The van der Waals surface area contributed by atoms with E-state index in [1.807, 2.05) is 9.80 Å². The van der Waals surface area contributed by atoms with Gasteiger partial charge in [0.1, 0.15) is 23.1 Å². The van der Waals surface area contributed by atoms with Gasteiger partial charge in [-0.25, -0.2) is 4.79 Å². The molecular weight excluding hydrogens is 523 g/mol. The molecule has 0 aromatic heterocycles. The zero-order valence-corrected chi connectivity index (χ0v) is 23.5. The fraction of sp³-hybridized carbons (Fsp3) is 0.783. The molecule has 14 nitrogen and oxygen atoms in total. The van der Waals surface area contributed by atoms with E-state index < -0.39 is 33.0 Å². The number of rotatable bonds is 14. The van der Waals surface area contributed by atoms with Crippen molar-refractivity contribution in [2.24, 2.45) is 0 Å². The van der Waals surface area contributed by atoms with E-state index in [2.05, 4.69) is 4.52 Å². The molecule has 1 fully saturated rings. The van der Waals surface area contributed by atoms with Crippen molar-refractivity contribution in [3.05, 3.63) is 0 Å². The summed E-state index contributed by atoms with van der Waals surface area (Å²) in [5, 5.41) is 8.71.